The molecule has 0 saturated heterocycles. The summed E-state index contributed by atoms with van der Waals surface area (Å²) in [5, 5.41) is 1.88. The number of hydrogen-bond acceptors (Lipinski definition) is 7. The third kappa shape index (κ3) is 2.12. The standard InChI is InChI=1S/C15H14N4O4S/c1-18-5-10-11(13-17-8(6-23-13)15(21)22-2)16-7-19(10)9-3-4-24-12(9)14(18)20/h3-4,7-8H,5-6H2,1-2H3/t8-/m0/s1. The summed E-state index contributed by atoms with van der Waals surface area (Å²) >= 11 is 1.40. The molecule has 0 N–H and O–H groups in total. The van der Waals surface area contributed by atoms with Crippen molar-refractivity contribution in [1.29, 1.82) is 0 Å². The number of hydrogen-bond donors (Lipinski definition) is 0. The number of aromatic nitrogens is 2. The first-order valence-corrected chi connectivity index (χ1v) is 8.16. The maximum absolute atomic E-state index is 12.5. The minimum Gasteiger partial charge on any atom is -0.473 e. The number of amides is 1. The van der Waals surface area contributed by atoms with Gasteiger partial charge in [-0.15, -0.1) is 11.3 Å². The van der Waals surface area contributed by atoms with Crippen molar-refractivity contribution in [3.05, 3.63) is 34.0 Å². The largest absolute Gasteiger partial charge is 0.473 e. The molecular weight excluding hydrogens is 332 g/mol. The molecule has 0 radical (unpaired) electrons. The lowest BCUT2D eigenvalue weighted by molar-refractivity contribution is -0.142. The molecule has 124 valence electrons. The average Bonchev–Trinajstić information content (AvgIpc) is 3.30. The highest BCUT2D eigenvalue weighted by molar-refractivity contribution is 7.12. The van der Waals surface area contributed by atoms with Gasteiger partial charge in [0.15, 0.2) is 6.04 Å². The van der Waals surface area contributed by atoms with Crippen molar-refractivity contribution >= 4 is 29.1 Å². The van der Waals surface area contributed by atoms with E-state index in [4.69, 9.17) is 9.47 Å². The molecule has 4 heterocycles. The van der Waals surface area contributed by atoms with Crippen molar-refractivity contribution in [2.24, 2.45) is 4.99 Å². The molecule has 2 aliphatic rings. The summed E-state index contributed by atoms with van der Waals surface area (Å²) in [4.78, 5) is 35.0. The Morgan fingerprint density at radius 3 is 3.12 bits per heavy atom. The minimum absolute atomic E-state index is 0.0311. The van der Waals surface area contributed by atoms with E-state index in [0.29, 0.717) is 23.0 Å². The second-order valence-corrected chi connectivity index (χ2v) is 6.41. The molecule has 1 amide bonds. The van der Waals surface area contributed by atoms with E-state index in [1.165, 1.54) is 18.4 Å². The Hall–Kier alpha value is -2.68. The quantitative estimate of drug-likeness (QED) is 0.752. The fraction of sp³-hybridized carbons (Fsp3) is 0.333. The number of imidazole rings is 1. The van der Waals surface area contributed by atoms with Crippen LogP contribution in [0.2, 0.25) is 0 Å². The number of fused-ring (bicyclic) bond motifs is 3. The molecule has 9 heteroatoms. The number of thiophene rings is 1. The van der Waals surface area contributed by atoms with Crippen LogP contribution in [0.3, 0.4) is 0 Å². The van der Waals surface area contributed by atoms with Crippen LogP contribution < -0.4 is 0 Å². The molecule has 0 spiro atoms. The summed E-state index contributed by atoms with van der Waals surface area (Å²) in [7, 11) is 3.06. The summed E-state index contributed by atoms with van der Waals surface area (Å²) in [5.41, 5.74) is 2.14. The average molecular weight is 346 g/mol. The fourth-order valence-corrected chi connectivity index (χ4v) is 3.67. The first kappa shape index (κ1) is 14.9. The minimum atomic E-state index is -0.677. The maximum Gasteiger partial charge on any atom is 0.334 e. The van der Waals surface area contributed by atoms with E-state index < -0.39 is 12.0 Å². The predicted molar refractivity (Wildman–Crippen MR) is 85.5 cm³/mol. The molecule has 0 unspecified atom stereocenters. The number of rotatable bonds is 2. The lowest BCUT2D eigenvalue weighted by Crippen LogP contribution is -2.25. The molecule has 2 aromatic rings. The Bertz CT molecular complexity index is 869. The molecule has 4 rings (SSSR count). The van der Waals surface area contributed by atoms with Crippen molar-refractivity contribution in [2.75, 3.05) is 20.8 Å². The second-order valence-electron chi connectivity index (χ2n) is 5.49. The van der Waals surface area contributed by atoms with Gasteiger partial charge in [-0.3, -0.25) is 9.36 Å². The van der Waals surface area contributed by atoms with Gasteiger partial charge in [-0.05, 0) is 11.4 Å². The van der Waals surface area contributed by atoms with Crippen LogP contribution in [0, 0.1) is 0 Å². The van der Waals surface area contributed by atoms with Gasteiger partial charge in [-0.2, -0.15) is 0 Å². The van der Waals surface area contributed by atoms with E-state index >= 15 is 0 Å². The molecule has 0 aromatic carbocycles. The van der Waals surface area contributed by atoms with E-state index in [-0.39, 0.29) is 12.5 Å². The SMILES string of the molecule is COC(=O)[C@@H]1COC(c2ncn3c2CN(C)C(=O)c2sccc2-3)=N1. The molecule has 0 saturated carbocycles. The number of esters is 1. The van der Waals surface area contributed by atoms with Crippen molar-refractivity contribution in [3.8, 4) is 5.69 Å². The molecule has 0 bridgehead atoms. The molecule has 1 atom stereocenters. The molecule has 24 heavy (non-hydrogen) atoms. The Labute approximate surface area is 141 Å². The van der Waals surface area contributed by atoms with Gasteiger partial charge in [0.2, 0.25) is 5.90 Å². The van der Waals surface area contributed by atoms with E-state index in [1.807, 2.05) is 16.0 Å². The van der Waals surface area contributed by atoms with Crippen molar-refractivity contribution in [1.82, 2.24) is 14.5 Å². The van der Waals surface area contributed by atoms with Crippen LogP contribution in [-0.2, 0) is 20.8 Å². The van der Waals surface area contributed by atoms with E-state index in [9.17, 15) is 9.59 Å². The fourth-order valence-electron chi connectivity index (χ4n) is 2.79. The highest BCUT2D eigenvalue weighted by Gasteiger charge is 2.33. The molecule has 2 aromatic heterocycles. The Balaban J connectivity index is 1.79. The summed E-state index contributed by atoms with van der Waals surface area (Å²) < 4.78 is 12.1. The molecule has 0 aliphatic carbocycles. The van der Waals surface area contributed by atoms with Gasteiger partial charge in [0.1, 0.15) is 23.5 Å². The summed E-state index contributed by atoms with van der Waals surface area (Å²) in [6, 6.07) is 1.21. The number of carbonyl (C=O) groups excluding carboxylic acids is 2. The van der Waals surface area contributed by atoms with Gasteiger partial charge in [-0.25, -0.2) is 14.8 Å². The van der Waals surface area contributed by atoms with Crippen LogP contribution in [-0.4, -0.2) is 59.0 Å². The summed E-state index contributed by atoms with van der Waals surface area (Å²) in [6.07, 6.45) is 1.65. The third-order valence-electron chi connectivity index (χ3n) is 4.03. The van der Waals surface area contributed by atoms with E-state index in [0.717, 1.165) is 11.4 Å². The lowest BCUT2D eigenvalue weighted by atomic mass is 10.3. The van der Waals surface area contributed by atoms with Crippen LogP contribution in [0.5, 0.6) is 0 Å². The second kappa shape index (κ2) is 5.45. The molecule has 2 aliphatic heterocycles. The van der Waals surface area contributed by atoms with Crippen molar-refractivity contribution in [3.63, 3.8) is 0 Å². The molecule has 0 fully saturated rings. The monoisotopic (exact) mass is 346 g/mol. The lowest BCUT2D eigenvalue weighted by Gasteiger charge is -2.14. The van der Waals surface area contributed by atoms with Gasteiger partial charge in [-0.1, -0.05) is 0 Å². The molecule has 8 nitrogen and oxygen atoms in total. The van der Waals surface area contributed by atoms with Gasteiger partial charge < -0.3 is 14.4 Å². The topological polar surface area (TPSA) is 86.0 Å². The Morgan fingerprint density at radius 2 is 2.33 bits per heavy atom. The number of ether oxygens (including phenoxy) is 2. The maximum atomic E-state index is 12.5. The van der Waals surface area contributed by atoms with Gasteiger partial charge in [0, 0.05) is 7.05 Å². The first-order chi connectivity index (χ1) is 11.6. The van der Waals surface area contributed by atoms with Crippen LogP contribution in [0.15, 0.2) is 22.8 Å². The number of nitrogens with zero attached hydrogens (tertiary/aromatic N) is 4. The van der Waals surface area contributed by atoms with Crippen LogP contribution >= 0.6 is 11.3 Å². The zero-order valence-electron chi connectivity index (χ0n) is 13.1. The highest BCUT2D eigenvalue weighted by atomic mass is 32.1. The summed E-state index contributed by atoms with van der Waals surface area (Å²) in [6.45, 7) is 0.508. The van der Waals surface area contributed by atoms with Gasteiger partial charge in [0.05, 0.1) is 25.0 Å². The number of methoxy groups -OCH3 is 1. The summed E-state index contributed by atoms with van der Waals surface area (Å²) in [5.74, 6) is -0.169. The van der Waals surface area contributed by atoms with E-state index in [1.54, 1.807) is 18.3 Å². The Kier molecular flexibility index (Phi) is 3.38. The predicted octanol–water partition coefficient (Wildman–Crippen LogP) is 0.838. The molecular formula is C15H14N4O4S. The first-order valence-electron chi connectivity index (χ1n) is 7.28. The smallest absolute Gasteiger partial charge is 0.334 e. The zero-order valence-corrected chi connectivity index (χ0v) is 13.9. The normalized spacial score (nSPS) is 19.2. The third-order valence-corrected chi connectivity index (χ3v) is 4.92. The van der Waals surface area contributed by atoms with Crippen LogP contribution in [0.1, 0.15) is 21.1 Å². The van der Waals surface area contributed by atoms with Gasteiger partial charge >= 0.3 is 5.97 Å². The van der Waals surface area contributed by atoms with Gasteiger partial charge in [0.25, 0.3) is 5.91 Å². The number of aliphatic imine (C=N–C) groups is 1. The van der Waals surface area contributed by atoms with Crippen LogP contribution in [0.4, 0.5) is 0 Å². The van der Waals surface area contributed by atoms with Crippen LogP contribution in [0.25, 0.3) is 5.69 Å². The number of carbonyl (C=O) groups is 2. The van der Waals surface area contributed by atoms with Crippen molar-refractivity contribution < 1.29 is 19.1 Å². The Morgan fingerprint density at radius 1 is 1.50 bits per heavy atom. The highest BCUT2D eigenvalue weighted by Crippen LogP contribution is 2.30. The zero-order chi connectivity index (χ0) is 16.8. The van der Waals surface area contributed by atoms with Crippen molar-refractivity contribution in [2.45, 2.75) is 12.6 Å². The van der Waals surface area contributed by atoms with E-state index in [2.05, 4.69) is 9.98 Å².